The first-order chi connectivity index (χ1) is 14.6. The molecule has 0 amide bonds. The van der Waals surface area contributed by atoms with Crippen LogP contribution in [0.4, 0.5) is 4.39 Å². The highest BCUT2D eigenvalue weighted by molar-refractivity contribution is 5.86. The minimum Gasteiger partial charge on any atom is -0.488 e. The van der Waals surface area contributed by atoms with Gasteiger partial charge in [0.05, 0.1) is 0 Å². The lowest BCUT2D eigenvalue weighted by Gasteiger charge is -2.35. The van der Waals surface area contributed by atoms with Crippen molar-refractivity contribution in [1.82, 2.24) is 24.5 Å². The quantitative estimate of drug-likeness (QED) is 0.499. The van der Waals surface area contributed by atoms with Crippen LogP contribution < -0.4 is 4.74 Å². The molecule has 1 aromatic carbocycles. The van der Waals surface area contributed by atoms with Gasteiger partial charge in [0.1, 0.15) is 29.2 Å². The van der Waals surface area contributed by atoms with Crippen LogP contribution >= 0.6 is 0 Å². The Balaban J connectivity index is 1.44. The van der Waals surface area contributed by atoms with Crippen LogP contribution in [-0.4, -0.2) is 56.4 Å². The second-order valence-electron chi connectivity index (χ2n) is 7.85. The van der Waals surface area contributed by atoms with Crippen molar-refractivity contribution in [3.05, 3.63) is 54.7 Å². The zero-order valence-corrected chi connectivity index (χ0v) is 17.0. The summed E-state index contributed by atoms with van der Waals surface area (Å²) in [6.45, 7) is 4.66. The van der Waals surface area contributed by atoms with Gasteiger partial charge in [-0.1, -0.05) is 31.2 Å². The van der Waals surface area contributed by atoms with Crippen LogP contribution in [0.25, 0.3) is 28.1 Å². The third-order valence-corrected chi connectivity index (χ3v) is 5.91. The number of fused-ring (bicyclic) bond motifs is 2. The summed E-state index contributed by atoms with van der Waals surface area (Å²) < 4.78 is 23.1. The lowest BCUT2D eigenvalue weighted by molar-refractivity contribution is 0.0194. The van der Waals surface area contributed by atoms with Gasteiger partial charge >= 0.3 is 0 Å². The molecule has 0 N–H and O–H groups in total. The van der Waals surface area contributed by atoms with Crippen LogP contribution in [0.15, 0.2) is 54.7 Å². The minimum atomic E-state index is -1.30. The summed E-state index contributed by atoms with van der Waals surface area (Å²) in [5, 5.41) is 9.44. The lowest BCUT2D eigenvalue weighted by atomic mass is 9.94. The molecule has 0 atom stereocenters. The molecule has 7 heteroatoms. The lowest BCUT2D eigenvalue weighted by Crippen LogP contribution is -2.44. The number of ether oxygens (including phenoxy) is 1. The zero-order valence-electron chi connectivity index (χ0n) is 17.0. The van der Waals surface area contributed by atoms with Crippen LogP contribution in [0.1, 0.15) is 19.8 Å². The molecule has 6 nitrogen and oxygen atoms in total. The van der Waals surface area contributed by atoms with E-state index >= 15 is 4.39 Å². The highest BCUT2D eigenvalue weighted by Gasteiger charge is 2.35. The van der Waals surface area contributed by atoms with E-state index in [1.54, 1.807) is 0 Å². The van der Waals surface area contributed by atoms with Crippen molar-refractivity contribution in [2.75, 3.05) is 26.2 Å². The molecule has 0 unspecified atom stereocenters. The number of piperidine rings is 1. The molecule has 30 heavy (non-hydrogen) atoms. The van der Waals surface area contributed by atoms with Crippen LogP contribution in [-0.2, 0) is 0 Å². The molecule has 0 radical (unpaired) electrons. The summed E-state index contributed by atoms with van der Waals surface area (Å²) in [6.07, 6.45) is 2.90. The van der Waals surface area contributed by atoms with E-state index in [2.05, 4.69) is 22.0 Å². The van der Waals surface area contributed by atoms with Crippen LogP contribution in [0.3, 0.4) is 0 Å². The third kappa shape index (κ3) is 3.50. The Morgan fingerprint density at radius 1 is 1.03 bits per heavy atom. The summed E-state index contributed by atoms with van der Waals surface area (Å²) >= 11 is 0. The monoisotopic (exact) mass is 405 g/mol. The number of likely N-dealkylation sites (tertiary alicyclic amines) is 1. The normalized spacial score (nSPS) is 16.9. The fourth-order valence-electron chi connectivity index (χ4n) is 4.00. The Bertz CT molecular complexity index is 1180. The van der Waals surface area contributed by atoms with Gasteiger partial charge in [0, 0.05) is 24.7 Å². The topological polar surface area (TPSA) is 55.5 Å². The molecule has 1 fully saturated rings. The molecule has 3 aromatic heterocycles. The van der Waals surface area contributed by atoms with Gasteiger partial charge in [-0.2, -0.15) is 0 Å². The van der Waals surface area contributed by atoms with Gasteiger partial charge in [-0.25, -0.2) is 9.37 Å². The van der Waals surface area contributed by atoms with Gasteiger partial charge in [0.25, 0.3) is 0 Å². The number of benzene rings is 1. The number of para-hydroxylation sites is 1. The fraction of sp³-hybridized carbons (Fsp3) is 0.348. The van der Waals surface area contributed by atoms with E-state index in [1.165, 1.54) is 0 Å². The molecule has 4 aromatic rings. The Morgan fingerprint density at radius 2 is 1.90 bits per heavy atom. The van der Waals surface area contributed by atoms with Gasteiger partial charge in [-0.05, 0) is 43.7 Å². The number of halogens is 1. The number of hydrogen-bond donors (Lipinski definition) is 0. The predicted molar refractivity (Wildman–Crippen MR) is 114 cm³/mol. The summed E-state index contributed by atoms with van der Waals surface area (Å²) in [4.78, 5) is 7.07. The van der Waals surface area contributed by atoms with E-state index in [0.29, 0.717) is 35.6 Å². The summed E-state index contributed by atoms with van der Waals surface area (Å²) in [5.74, 6) is 1.26. The van der Waals surface area contributed by atoms with Crippen molar-refractivity contribution < 1.29 is 9.13 Å². The van der Waals surface area contributed by atoms with E-state index in [1.807, 2.05) is 59.1 Å². The number of pyridine rings is 2. The summed E-state index contributed by atoms with van der Waals surface area (Å²) in [7, 11) is 0. The second-order valence-corrected chi connectivity index (χ2v) is 7.85. The molecule has 5 rings (SSSR count). The van der Waals surface area contributed by atoms with E-state index in [-0.39, 0.29) is 6.61 Å². The van der Waals surface area contributed by atoms with Gasteiger partial charge in [0.2, 0.25) is 0 Å². The molecule has 1 aliphatic heterocycles. The highest BCUT2D eigenvalue weighted by atomic mass is 19.1. The Hall–Kier alpha value is -3.06. The molecule has 0 bridgehead atoms. The standard InChI is InChI=1S/C23H24FN5O/c1-2-28-14-11-23(24,12-15-28)16-30-19-7-5-6-17-9-10-18(25-21(17)19)22-27-26-20-8-3-4-13-29(20)22/h3-10,13H,2,11-12,14-16H2,1H3. The number of aromatic nitrogens is 4. The maximum Gasteiger partial charge on any atom is 0.187 e. The molecule has 0 aliphatic carbocycles. The number of hydrogen-bond acceptors (Lipinski definition) is 5. The Kier molecular flexibility index (Phi) is 4.83. The van der Waals surface area contributed by atoms with Gasteiger partial charge < -0.3 is 9.64 Å². The first kappa shape index (κ1) is 18.9. The van der Waals surface area contributed by atoms with Gasteiger partial charge in [-0.15, -0.1) is 10.2 Å². The highest BCUT2D eigenvalue weighted by Crippen LogP contribution is 2.31. The smallest absolute Gasteiger partial charge is 0.187 e. The Morgan fingerprint density at radius 3 is 2.73 bits per heavy atom. The number of alkyl halides is 1. The number of nitrogens with zero attached hydrogens (tertiary/aromatic N) is 5. The fourth-order valence-corrected chi connectivity index (χ4v) is 4.00. The Labute approximate surface area is 174 Å². The first-order valence-corrected chi connectivity index (χ1v) is 10.4. The molecular weight excluding hydrogens is 381 g/mol. The zero-order chi connectivity index (χ0) is 20.6. The van der Waals surface area contributed by atoms with Crippen molar-refractivity contribution in [3.63, 3.8) is 0 Å². The summed E-state index contributed by atoms with van der Waals surface area (Å²) in [5.41, 5.74) is 0.867. The number of rotatable bonds is 5. The molecule has 4 heterocycles. The maximum atomic E-state index is 15.3. The van der Waals surface area contributed by atoms with E-state index in [4.69, 9.17) is 9.72 Å². The molecule has 154 valence electrons. The van der Waals surface area contributed by atoms with Gasteiger partial charge in [-0.3, -0.25) is 4.40 Å². The van der Waals surface area contributed by atoms with Crippen molar-refractivity contribution in [1.29, 1.82) is 0 Å². The van der Waals surface area contributed by atoms with E-state index in [9.17, 15) is 0 Å². The van der Waals surface area contributed by atoms with E-state index in [0.717, 1.165) is 30.7 Å². The third-order valence-electron chi connectivity index (χ3n) is 5.91. The first-order valence-electron chi connectivity index (χ1n) is 10.4. The minimum absolute atomic E-state index is 0.0451. The maximum absolute atomic E-state index is 15.3. The van der Waals surface area contributed by atoms with Crippen LogP contribution in [0, 0.1) is 0 Å². The molecule has 0 spiro atoms. The second kappa shape index (κ2) is 7.65. The SMILES string of the molecule is CCN1CCC(F)(COc2cccc3ccc(-c4nnc5ccccn45)nc23)CC1. The van der Waals surface area contributed by atoms with Crippen molar-refractivity contribution >= 4 is 16.6 Å². The predicted octanol–water partition coefficient (Wildman–Crippen LogP) is 4.15. The summed E-state index contributed by atoms with van der Waals surface area (Å²) in [6, 6.07) is 15.4. The average Bonchev–Trinajstić information content (AvgIpc) is 3.22. The van der Waals surface area contributed by atoms with Crippen molar-refractivity contribution in [3.8, 4) is 17.3 Å². The van der Waals surface area contributed by atoms with Crippen molar-refractivity contribution in [2.45, 2.75) is 25.4 Å². The molecular formula is C23H24FN5O. The van der Waals surface area contributed by atoms with E-state index < -0.39 is 5.67 Å². The molecule has 1 aliphatic rings. The molecule has 0 saturated carbocycles. The average molecular weight is 405 g/mol. The van der Waals surface area contributed by atoms with Crippen LogP contribution in [0.5, 0.6) is 5.75 Å². The molecule has 1 saturated heterocycles. The van der Waals surface area contributed by atoms with Gasteiger partial charge in [0.15, 0.2) is 11.5 Å². The van der Waals surface area contributed by atoms with Crippen LogP contribution in [0.2, 0.25) is 0 Å². The largest absolute Gasteiger partial charge is 0.488 e. The van der Waals surface area contributed by atoms with Crippen molar-refractivity contribution in [2.24, 2.45) is 0 Å².